The van der Waals surface area contributed by atoms with Crippen molar-refractivity contribution >= 4 is 11.6 Å². The predicted octanol–water partition coefficient (Wildman–Crippen LogP) is 2.43. The summed E-state index contributed by atoms with van der Waals surface area (Å²) >= 11 is 5.96. The third-order valence-corrected chi connectivity index (χ3v) is 2.53. The van der Waals surface area contributed by atoms with Crippen molar-refractivity contribution in [1.29, 1.82) is 0 Å². The summed E-state index contributed by atoms with van der Waals surface area (Å²) in [5, 5.41) is -0.0476. The molecule has 2 heteroatoms. The van der Waals surface area contributed by atoms with Gasteiger partial charge in [-0.15, -0.1) is 23.9 Å². The van der Waals surface area contributed by atoms with Crippen molar-refractivity contribution in [1.82, 2.24) is 0 Å². The van der Waals surface area contributed by atoms with Crippen LogP contribution in [-0.4, -0.2) is 18.1 Å². The lowest BCUT2D eigenvalue weighted by atomic mass is 9.93. The van der Waals surface area contributed by atoms with Crippen LogP contribution in [0.1, 0.15) is 26.7 Å². The van der Waals surface area contributed by atoms with Crippen LogP contribution in [0.3, 0.4) is 0 Å². The summed E-state index contributed by atoms with van der Waals surface area (Å²) in [5.41, 5.74) is -0.337. The Kier molecular flexibility index (Phi) is 4.56. The normalized spacial score (nSPS) is 18.5. The van der Waals surface area contributed by atoms with Crippen LogP contribution in [0.15, 0.2) is 0 Å². The summed E-state index contributed by atoms with van der Waals surface area (Å²) < 4.78 is 5.31. The van der Waals surface area contributed by atoms with Gasteiger partial charge in [-0.2, -0.15) is 0 Å². The molecule has 0 fully saturated rings. The maximum Gasteiger partial charge on any atom is 0.0944 e. The molecule has 0 aliphatic carbocycles. The molecule has 0 aliphatic heterocycles. The Labute approximate surface area is 74.1 Å². The summed E-state index contributed by atoms with van der Waals surface area (Å²) in [5.74, 6) is 2.58. The molecule has 0 spiro atoms. The van der Waals surface area contributed by atoms with Gasteiger partial charge in [-0.25, -0.2) is 0 Å². The number of hydrogen-bond acceptors (Lipinski definition) is 1. The number of ether oxygens (including phenoxy) is 1. The van der Waals surface area contributed by atoms with Gasteiger partial charge in [0, 0.05) is 13.5 Å². The van der Waals surface area contributed by atoms with Gasteiger partial charge in [-0.05, 0) is 13.3 Å². The number of methoxy groups -OCH3 is 1. The fraction of sp³-hybridized carbons (Fsp3) is 0.778. The topological polar surface area (TPSA) is 9.23 Å². The van der Waals surface area contributed by atoms with E-state index >= 15 is 0 Å². The highest BCUT2D eigenvalue weighted by Gasteiger charge is 2.32. The standard InChI is InChI=1S/C9H15ClO/c1-5-7-9(6-2,11-4)8(3)10/h1,8H,6-7H2,2-4H3. The highest BCUT2D eigenvalue weighted by molar-refractivity contribution is 6.21. The second-order valence-electron chi connectivity index (χ2n) is 2.62. The Hall–Kier alpha value is -0.190. The van der Waals surface area contributed by atoms with E-state index in [0.717, 1.165) is 6.42 Å². The highest BCUT2D eigenvalue weighted by Crippen LogP contribution is 2.27. The maximum atomic E-state index is 5.96. The minimum Gasteiger partial charge on any atom is -0.376 e. The number of halogens is 1. The molecule has 0 N–H and O–H groups in total. The van der Waals surface area contributed by atoms with E-state index in [-0.39, 0.29) is 11.0 Å². The van der Waals surface area contributed by atoms with E-state index in [1.54, 1.807) is 7.11 Å². The second kappa shape index (κ2) is 4.64. The van der Waals surface area contributed by atoms with Crippen molar-refractivity contribution in [2.24, 2.45) is 0 Å². The van der Waals surface area contributed by atoms with Gasteiger partial charge in [0.05, 0.1) is 11.0 Å². The first kappa shape index (κ1) is 10.8. The molecule has 1 nitrogen and oxygen atoms in total. The SMILES string of the molecule is C#CCC(CC)(OC)C(C)Cl. The zero-order valence-electron chi connectivity index (χ0n) is 7.36. The number of terminal acetylenes is 1. The van der Waals surface area contributed by atoms with E-state index in [4.69, 9.17) is 22.8 Å². The van der Waals surface area contributed by atoms with Crippen molar-refractivity contribution in [2.45, 2.75) is 37.7 Å². The zero-order chi connectivity index (χ0) is 8.91. The van der Waals surface area contributed by atoms with E-state index in [0.29, 0.717) is 6.42 Å². The molecule has 64 valence electrons. The molecule has 2 unspecified atom stereocenters. The average Bonchev–Trinajstić information content (AvgIpc) is 2.00. The Morgan fingerprint density at radius 3 is 2.36 bits per heavy atom. The predicted molar refractivity (Wildman–Crippen MR) is 48.8 cm³/mol. The molecule has 0 saturated heterocycles. The van der Waals surface area contributed by atoms with Crippen molar-refractivity contribution in [3.8, 4) is 12.3 Å². The smallest absolute Gasteiger partial charge is 0.0944 e. The van der Waals surface area contributed by atoms with Crippen LogP contribution in [0.2, 0.25) is 0 Å². The summed E-state index contributed by atoms with van der Waals surface area (Å²) in [6.07, 6.45) is 6.63. The van der Waals surface area contributed by atoms with Crippen LogP contribution in [0.4, 0.5) is 0 Å². The first-order valence-corrected chi connectivity index (χ1v) is 4.19. The molecule has 2 atom stereocenters. The van der Waals surface area contributed by atoms with Crippen LogP contribution in [0.25, 0.3) is 0 Å². The first-order chi connectivity index (χ1) is 5.13. The fourth-order valence-electron chi connectivity index (χ4n) is 1.10. The van der Waals surface area contributed by atoms with E-state index in [1.165, 1.54) is 0 Å². The van der Waals surface area contributed by atoms with Crippen LogP contribution in [-0.2, 0) is 4.74 Å². The summed E-state index contributed by atoms with van der Waals surface area (Å²) in [7, 11) is 1.65. The first-order valence-electron chi connectivity index (χ1n) is 3.75. The molecule has 0 aliphatic rings. The molecular formula is C9H15ClO. The van der Waals surface area contributed by atoms with E-state index in [2.05, 4.69) is 5.92 Å². The number of rotatable bonds is 4. The quantitative estimate of drug-likeness (QED) is 0.470. The molecule has 0 bridgehead atoms. The molecule has 11 heavy (non-hydrogen) atoms. The average molecular weight is 175 g/mol. The molecule has 0 aromatic carbocycles. The lowest BCUT2D eigenvalue weighted by Crippen LogP contribution is -2.38. The van der Waals surface area contributed by atoms with Crippen LogP contribution in [0.5, 0.6) is 0 Å². The van der Waals surface area contributed by atoms with Gasteiger partial charge in [0.2, 0.25) is 0 Å². The van der Waals surface area contributed by atoms with Crippen molar-refractivity contribution in [3.05, 3.63) is 0 Å². The van der Waals surface area contributed by atoms with Crippen LogP contribution < -0.4 is 0 Å². The molecule has 0 saturated carbocycles. The Balaban J connectivity index is 4.35. The number of alkyl halides is 1. The fourth-order valence-corrected chi connectivity index (χ4v) is 1.42. The highest BCUT2D eigenvalue weighted by atomic mass is 35.5. The summed E-state index contributed by atoms with van der Waals surface area (Å²) in [4.78, 5) is 0. The monoisotopic (exact) mass is 174 g/mol. The van der Waals surface area contributed by atoms with Gasteiger partial charge in [0.25, 0.3) is 0 Å². The van der Waals surface area contributed by atoms with Crippen LogP contribution >= 0.6 is 11.6 Å². The molecule has 0 heterocycles. The number of hydrogen-bond donors (Lipinski definition) is 0. The van der Waals surface area contributed by atoms with Gasteiger partial charge in [-0.1, -0.05) is 6.92 Å². The van der Waals surface area contributed by atoms with Gasteiger partial charge < -0.3 is 4.74 Å². The zero-order valence-corrected chi connectivity index (χ0v) is 8.11. The third kappa shape index (κ3) is 2.39. The minimum absolute atomic E-state index is 0.0476. The molecule has 0 radical (unpaired) electrons. The molecule has 0 aromatic rings. The van der Waals surface area contributed by atoms with Crippen molar-refractivity contribution < 1.29 is 4.74 Å². The van der Waals surface area contributed by atoms with Gasteiger partial charge in [0.15, 0.2) is 0 Å². The van der Waals surface area contributed by atoms with Crippen LogP contribution in [0, 0.1) is 12.3 Å². The Morgan fingerprint density at radius 1 is 1.73 bits per heavy atom. The van der Waals surface area contributed by atoms with E-state index in [1.807, 2.05) is 13.8 Å². The van der Waals surface area contributed by atoms with Gasteiger partial charge >= 0.3 is 0 Å². The van der Waals surface area contributed by atoms with E-state index in [9.17, 15) is 0 Å². The third-order valence-electron chi connectivity index (χ3n) is 2.13. The van der Waals surface area contributed by atoms with E-state index < -0.39 is 0 Å². The Bertz CT molecular complexity index is 142. The molecule has 0 aromatic heterocycles. The largest absolute Gasteiger partial charge is 0.376 e. The summed E-state index contributed by atoms with van der Waals surface area (Å²) in [6.45, 7) is 3.94. The van der Waals surface area contributed by atoms with Crippen molar-refractivity contribution in [3.63, 3.8) is 0 Å². The Morgan fingerprint density at radius 2 is 2.27 bits per heavy atom. The minimum atomic E-state index is -0.337. The second-order valence-corrected chi connectivity index (χ2v) is 3.27. The van der Waals surface area contributed by atoms with Crippen molar-refractivity contribution in [2.75, 3.05) is 7.11 Å². The van der Waals surface area contributed by atoms with Gasteiger partial charge in [-0.3, -0.25) is 0 Å². The molecule has 0 rings (SSSR count). The van der Waals surface area contributed by atoms with Gasteiger partial charge in [0.1, 0.15) is 0 Å². The summed E-state index contributed by atoms with van der Waals surface area (Å²) in [6, 6.07) is 0. The molecular weight excluding hydrogens is 160 g/mol. The lowest BCUT2D eigenvalue weighted by Gasteiger charge is -2.31. The maximum absolute atomic E-state index is 5.96. The molecule has 0 amide bonds. The lowest BCUT2D eigenvalue weighted by molar-refractivity contribution is -0.00909.